The van der Waals surface area contributed by atoms with Gasteiger partial charge < -0.3 is 9.80 Å². The number of hydrogen-bond acceptors (Lipinski definition) is 2. The molecule has 1 aromatic rings. The van der Waals surface area contributed by atoms with Crippen molar-refractivity contribution in [3.05, 3.63) is 35.4 Å². The van der Waals surface area contributed by atoms with Gasteiger partial charge in [-0.1, -0.05) is 25.5 Å². The largest absolute Gasteiger partial charge is 0.346 e. The normalized spacial score (nSPS) is 10.3. The standard InChI is InChI=1S/C17H26N2O2/c1-5-6-13-19(4)16(20)12-9-14-7-10-15(11-8-14)17(21)18(2)3/h7-8,10-11H,5-6,9,12-13H2,1-4H3. The Morgan fingerprint density at radius 3 is 2.19 bits per heavy atom. The third kappa shape index (κ3) is 5.58. The van der Waals surface area contributed by atoms with Crippen LogP contribution in [0.2, 0.25) is 0 Å². The van der Waals surface area contributed by atoms with Crippen molar-refractivity contribution < 1.29 is 9.59 Å². The summed E-state index contributed by atoms with van der Waals surface area (Å²) in [6.07, 6.45) is 3.37. The zero-order valence-corrected chi connectivity index (χ0v) is 13.6. The molecule has 0 spiro atoms. The predicted molar refractivity (Wildman–Crippen MR) is 85.3 cm³/mol. The highest BCUT2D eigenvalue weighted by Crippen LogP contribution is 2.09. The Morgan fingerprint density at radius 1 is 1.05 bits per heavy atom. The average molecular weight is 290 g/mol. The maximum atomic E-state index is 12.0. The number of unbranched alkanes of at least 4 members (excludes halogenated alkanes) is 1. The zero-order valence-electron chi connectivity index (χ0n) is 13.6. The minimum absolute atomic E-state index is 0.00285. The molecule has 0 aliphatic heterocycles. The molecule has 0 radical (unpaired) electrons. The Morgan fingerprint density at radius 2 is 1.67 bits per heavy atom. The van der Waals surface area contributed by atoms with Crippen LogP contribution >= 0.6 is 0 Å². The summed E-state index contributed by atoms with van der Waals surface area (Å²) in [7, 11) is 5.33. The molecule has 2 amide bonds. The maximum Gasteiger partial charge on any atom is 0.253 e. The molecular weight excluding hydrogens is 264 g/mol. The minimum Gasteiger partial charge on any atom is -0.346 e. The van der Waals surface area contributed by atoms with E-state index in [1.54, 1.807) is 23.9 Å². The van der Waals surface area contributed by atoms with Gasteiger partial charge >= 0.3 is 0 Å². The molecule has 0 bridgehead atoms. The molecule has 0 heterocycles. The third-order valence-corrected chi connectivity index (χ3v) is 3.51. The van der Waals surface area contributed by atoms with Gasteiger partial charge in [0.1, 0.15) is 0 Å². The topological polar surface area (TPSA) is 40.6 Å². The lowest BCUT2D eigenvalue weighted by Crippen LogP contribution is -2.27. The van der Waals surface area contributed by atoms with Crippen molar-refractivity contribution in [1.29, 1.82) is 0 Å². The molecule has 0 aliphatic rings. The highest BCUT2D eigenvalue weighted by molar-refractivity contribution is 5.93. The van der Waals surface area contributed by atoms with Crippen LogP contribution in [-0.2, 0) is 11.2 Å². The molecule has 4 heteroatoms. The Bertz CT molecular complexity index is 466. The van der Waals surface area contributed by atoms with E-state index in [0.29, 0.717) is 18.4 Å². The van der Waals surface area contributed by atoms with Gasteiger partial charge in [-0.15, -0.1) is 0 Å². The molecule has 0 saturated carbocycles. The van der Waals surface area contributed by atoms with Gasteiger partial charge in [0.15, 0.2) is 0 Å². The fourth-order valence-corrected chi connectivity index (χ4v) is 2.03. The second kappa shape index (κ2) is 8.45. The Hall–Kier alpha value is -1.84. The molecule has 0 aromatic heterocycles. The summed E-state index contributed by atoms with van der Waals surface area (Å²) in [6.45, 7) is 2.94. The number of rotatable bonds is 7. The molecule has 1 rings (SSSR count). The van der Waals surface area contributed by atoms with Crippen LogP contribution in [0.15, 0.2) is 24.3 Å². The molecule has 21 heavy (non-hydrogen) atoms. The number of aryl methyl sites for hydroxylation is 1. The van der Waals surface area contributed by atoms with Gasteiger partial charge in [0.25, 0.3) is 5.91 Å². The first kappa shape index (κ1) is 17.2. The Labute approximate surface area is 127 Å². The van der Waals surface area contributed by atoms with Gasteiger partial charge in [0, 0.05) is 39.7 Å². The van der Waals surface area contributed by atoms with Gasteiger partial charge in [-0.25, -0.2) is 0 Å². The van der Waals surface area contributed by atoms with Gasteiger partial charge in [0.05, 0.1) is 0 Å². The molecule has 116 valence electrons. The molecule has 4 nitrogen and oxygen atoms in total. The van der Waals surface area contributed by atoms with Crippen molar-refractivity contribution in [1.82, 2.24) is 9.80 Å². The van der Waals surface area contributed by atoms with Crippen molar-refractivity contribution in [2.24, 2.45) is 0 Å². The van der Waals surface area contributed by atoms with E-state index in [9.17, 15) is 9.59 Å². The van der Waals surface area contributed by atoms with Crippen LogP contribution in [0.5, 0.6) is 0 Å². The van der Waals surface area contributed by atoms with Crippen molar-refractivity contribution in [2.45, 2.75) is 32.6 Å². The molecule has 0 saturated heterocycles. The van der Waals surface area contributed by atoms with Crippen molar-refractivity contribution in [3.63, 3.8) is 0 Å². The summed E-state index contributed by atoms with van der Waals surface area (Å²) in [4.78, 5) is 27.1. The quantitative estimate of drug-likeness (QED) is 0.774. The van der Waals surface area contributed by atoms with Gasteiger partial charge in [0.2, 0.25) is 5.91 Å². The zero-order chi connectivity index (χ0) is 15.8. The number of carbonyl (C=O) groups excluding carboxylic acids is 2. The number of carbonyl (C=O) groups is 2. The highest BCUT2D eigenvalue weighted by Gasteiger charge is 2.10. The average Bonchev–Trinajstić information content (AvgIpc) is 2.49. The molecule has 1 aromatic carbocycles. The summed E-state index contributed by atoms with van der Waals surface area (Å²) in [5.74, 6) is 0.175. The number of amides is 2. The fraction of sp³-hybridized carbons (Fsp3) is 0.529. The summed E-state index contributed by atoms with van der Waals surface area (Å²) in [6, 6.07) is 7.50. The van der Waals surface area contributed by atoms with Crippen LogP contribution in [0.4, 0.5) is 0 Å². The van der Waals surface area contributed by atoms with E-state index >= 15 is 0 Å². The van der Waals surface area contributed by atoms with Crippen molar-refractivity contribution >= 4 is 11.8 Å². The number of nitrogens with zero attached hydrogens (tertiary/aromatic N) is 2. The second-order valence-corrected chi connectivity index (χ2v) is 5.57. The van der Waals surface area contributed by atoms with Crippen LogP contribution in [0.3, 0.4) is 0 Å². The summed E-state index contributed by atoms with van der Waals surface area (Å²) >= 11 is 0. The van der Waals surface area contributed by atoms with Crippen LogP contribution < -0.4 is 0 Å². The summed E-state index contributed by atoms with van der Waals surface area (Å²) in [5, 5.41) is 0. The smallest absolute Gasteiger partial charge is 0.253 e. The van der Waals surface area contributed by atoms with Crippen molar-refractivity contribution in [2.75, 3.05) is 27.7 Å². The highest BCUT2D eigenvalue weighted by atomic mass is 16.2. The summed E-state index contributed by atoms with van der Waals surface area (Å²) in [5.41, 5.74) is 1.76. The number of hydrogen-bond donors (Lipinski definition) is 0. The van der Waals surface area contributed by atoms with Gasteiger partial charge in [-0.2, -0.15) is 0 Å². The first-order valence-corrected chi connectivity index (χ1v) is 7.50. The lowest BCUT2D eigenvalue weighted by Gasteiger charge is -2.16. The van der Waals surface area contributed by atoms with Gasteiger partial charge in [-0.3, -0.25) is 9.59 Å². The fourth-order valence-electron chi connectivity index (χ4n) is 2.03. The maximum absolute atomic E-state index is 12.0. The second-order valence-electron chi connectivity index (χ2n) is 5.57. The van der Waals surface area contributed by atoms with E-state index in [1.165, 1.54) is 0 Å². The summed E-state index contributed by atoms with van der Waals surface area (Å²) < 4.78 is 0. The SMILES string of the molecule is CCCCN(C)C(=O)CCc1ccc(C(=O)N(C)C)cc1. The van der Waals surface area contributed by atoms with Crippen molar-refractivity contribution in [3.8, 4) is 0 Å². The number of benzene rings is 1. The van der Waals surface area contributed by atoms with Crippen LogP contribution in [0.1, 0.15) is 42.1 Å². The molecular formula is C17H26N2O2. The first-order chi connectivity index (χ1) is 9.95. The van der Waals surface area contributed by atoms with E-state index < -0.39 is 0 Å². The molecule has 0 atom stereocenters. The minimum atomic E-state index is -0.00285. The predicted octanol–water partition coefficient (Wildman–Crippen LogP) is 2.58. The molecule has 0 aliphatic carbocycles. The lowest BCUT2D eigenvalue weighted by molar-refractivity contribution is -0.129. The van der Waals surface area contributed by atoms with E-state index in [2.05, 4.69) is 6.92 Å². The van der Waals surface area contributed by atoms with Crippen LogP contribution in [0, 0.1) is 0 Å². The molecule has 0 fully saturated rings. The lowest BCUT2D eigenvalue weighted by atomic mass is 10.1. The third-order valence-electron chi connectivity index (χ3n) is 3.51. The van der Waals surface area contributed by atoms with E-state index in [4.69, 9.17) is 0 Å². The molecule has 0 unspecified atom stereocenters. The first-order valence-electron chi connectivity index (χ1n) is 7.50. The van der Waals surface area contributed by atoms with Gasteiger partial charge in [-0.05, 0) is 30.5 Å². The van der Waals surface area contributed by atoms with Crippen LogP contribution in [0.25, 0.3) is 0 Å². The van der Waals surface area contributed by atoms with E-state index in [1.807, 2.05) is 31.3 Å². The van der Waals surface area contributed by atoms with E-state index in [-0.39, 0.29) is 11.8 Å². The molecule has 0 N–H and O–H groups in total. The Kier molecular flexibility index (Phi) is 6.92. The van der Waals surface area contributed by atoms with E-state index in [0.717, 1.165) is 24.9 Å². The van der Waals surface area contributed by atoms with Crippen LogP contribution in [-0.4, -0.2) is 49.3 Å². The Balaban J connectivity index is 2.49. The monoisotopic (exact) mass is 290 g/mol.